The lowest BCUT2D eigenvalue weighted by molar-refractivity contribution is 0.115. The van der Waals surface area contributed by atoms with Crippen LogP contribution in [0, 0.1) is 0 Å². The summed E-state index contributed by atoms with van der Waals surface area (Å²) in [5, 5.41) is 7.37. The summed E-state index contributed by atoms with van der Waals surface area (Å²) in [7, 11) is 1.84. The fourth-order valence-corrected chi connectivity index (χ4v) is 2.10. The Kier molecular flexibility index (Phi) is 4.24. The van der Waals surface area contributed by atoms with E-state index < -0.39 is 12.3 Å². The molecule has 9 heteroatoms. The first kappa shape index (κ1) is 15.4. The van der Waals surface area contributed by atoms with Crippen molar-refractivity contribution in [2.45, 2.75) is 13.0 Å². The van der Waals surface area contributed by atoms with Gasteiger partial charge in [-0.2, -0.15) is 8.78 Å². The summed E-state index contributed by atoms with van der Waals surface area (Å²) < 4.78 is 35.1. The highest BCUT2D eigenvalue weighted by Crippen LogP contribution is 2.25. The molecule has 0 aliphatic rings. The Labute approximate surface area is 134 Å². The van der Waals surface area contributed by atoms with Crippen molar-refractivity contribution in [3.8, 4) is 11.7 Å². The Morgan fingerprint density at radius 2 is 2.09 bits per heavy atom. The van der Waals surface area contributed by atoms with Gasteiger partial charge in [-0.25, -0.2) is 4.98 Å². The Morgan fingerprint density at radius 1 is 1.26 bits per heavy atom. The van der Waals surface area contributed by atoms with E-state index in [-0.39, 0.29) is 11.7 Å². The number of hydrogen-bond donors (Lipinski definition) is 0. The number of hydrogen-bond acceptors (Lipinski definition) is 6. The molecule has 0 fully saturated rings. The van der Waals surface area contributed by atoms with E-state index in [0.29, 0.717) is 17.5 Å². The molecule has 0 radical (unpaired) electrons. The van der Waals surface area contributed by atoms with Crippen LogP contribution in [0.3, 0.4) is 0 Å². The maximum atomic E-state index is 12.4. The summed E-state index contributed by atoms with van der Waals surface area (Å²) in [6.45, 7) is 0.357. The van der Waals surface area contributed by atoms with Crippen LogP contribution in [0.5, 0.6) is 0 Å². The van der Waals surface area contributed by atoms with E-state index in [4.69, 9.17) is 20.4 Å². The van der Waals surface area contributed by atoms with Gasteiger partial charge >= 0.3 is 6.43 Å². The molecule has 3 rings (SSSR count). The predicted molar refractivity (Wildman–Crippen MR) is 78.3 cm³/mol. The summed E-state index contributed by atoms with van der Waals surface area (Å²) in [5.74, 6) is -0.378. The van der Waals surface area contributed by atoms with Gasteiger partial charge in [0.05, 0.1) is 12.7 Å². The molecular weight excluding hydrogens is 330 g/mol. The van der Waals surface area contributed by atoms with E-state index in [1.54, 1.807) is 12.1 Å². The largest absolute Gasteiger partial charge is 0.434 e. The second-order valence-corrected chi connectivity index (χ2v) is 5.14. The lowest BCUT2D eigenvalue weighted by Crippen LogP contribution is -2.16. The summed E-state index contributed by atoms with van der Waals surface area (Å²) >= 11 is 5.95. The molecular formula is C14H11ClF2N4O2. The Morgan fingerprint density at radius 3 is 2.78 bits per heavy atom. The molecule has 0 saturated heterocycles. The number of rotatable bonds is 5. The van der Waals surface area contributed by atoms with Crippen molar-refractivity contribution in [3.63, 3.8) is 0 Å². The minimum Gasteiger partial charge on any atom is -0.434 e. The topological polar surface area (TPSA) is 68.2 Å². The highest BCUT2D eigenvalue weighted by Gasteiger charge is 2.19. The third-order valence-corrected chi connectivity index (χ3v) is 3.25. The highest BCUT2D eigenvalue weighted by atomic mass is 35.5. The van der Waals surface area contributed by atoms with E-state index in [9.17, 15) is 8.78 Å². The fourth-order valence-electron chi connectivity index (χ4n) is 1.91. The van der Waals surface area contributed by atoms with Crippen LogP contribution < -0.4 is 4.90 Å². The first-order chi connectivity index (χ1) is 11.0. The van der Waals surface area contributed by atoms with E-state index in [1.807, 2.05) is 24.1 Å². The monoisotopic (exact) mass is 340 g/mol. The second-order valence-electron chi connectivity index (χ2n) is 4.70. The minimum absolute atomic E-state index is 0.135. The van der Waals surface area contributed by atoms with Crippen molar-refractivity contribution in [1.82, 2.24) is 15.2 Å². The van der Waals surface area contributed by atoms with Crippen molar-refractivity contribution in [1.29, 1.82) is 0 Å². The number of aromatic nitrogens is 3. The molecule has 6 nitrogen and oxygen atoms in total. The molecule has 2 heterocycles. The summed E-state index contributed by atoms with van der Waals surface area (Å²) in [5.41, 5.74) is 0.884. The normalized spacial score (nSPS) is 11.2. The van der Waals surface area contributed by atoms with Crippen LogP contribution in [0.15, 0.2) is 39.3 Å². The molecule has 23 heavy (non-hydrogen) atoms. The minimum atomic E-state index is -2.83. The molecule has 0 unspecified atom stereocenters. The summed E-state index contributed by atoms with van der Waals surface area (Å²) in [6.07, 6.45) is -1.48. The van der Waals surface area contributed by atoms with Gasteiger partial charge in [0.15, 0.2) is 0 Å². The van der Waals surface area contributed by atoms with Gasteiger partial charge < -0.3 is 13.7 Å². The summed E-state index contributed by atoms with van der Waals surface area (Å²) in [4.78, 5) is 5.95. The number of halogens is 3. The summed E-state index contributed by atoms with van der Waals surface area (Å²) in [6, 6.07) is 7.30. The maximum absolute atomic E-state index is 12.4. The molecule has 1 aromatic carbocycles. The van der Waals surface area contributed by atoms with Gasteiger partial charge in [-0.3, -0.25) is 0 Å². The quantitative estimate of drug-likeness (QED) is 0.700. The zero-order chi connectivity index (χ0) is 16.4. The Hall–Kier alpha value is -2.48. The molecule has 120 valence electrons. The number of benzene rings is 1. The standard InChI is InChI=1S/C14H11ClF2N4O2/c1-21(9-4-2-3-8(15)5-9)7-11-18-6-10(22-11)13-19-20-14(23-13)12(16)17/h2-6,12H,7H2,1H3. The average molecular weight is 341 g/mol. The van der Waals surface area contributed by atoms with E-state index >= 15 is 0 Å². The predicted octanol–water partition coefficient (Wildman–Crippen LogP) is 3.95. The van der Waals surface area contributed by atoms with E-state index in [0.717, 1.165) is 5.69 Å². The Bertz CT molecular complexity index is 805. The molecule has 0 saturated carbocycles. The van der Waals surface area contributed by atoms with Crippen LogP contribution in [0.25, 0.3) is 11.7 Å². The zero-order valence-electron chi connectivity index (χ0n) is 11.9. The second kappa shape index (κ2) is 6.33. The van der Waals surface area contributed by atoms with Crippen LogP contribution in [0.1, 0.15) is 18.2 Å². The molecule has 0 N–H and O–H groups in total. The van der Waals surface area contributed by atoms with Crippen molar-refractivity contribution in [2.24, 2.45) is 0 Å². The smallest absolute Gasteiger partial charge is 0.314 e. The molecule has 0 aliphatic carbocycles. The van der Waals surface area contributed by atoms with E-state index in [2.05, 4.69) is 15.2 Å². The van der Waals surface area contributed by atoms with Crippen LogP contribution >= 0.6 is 11.6 Å². The molecule has 2 aromatic heterocycles. The average Bonchev–Trinajstić information content (AvgIpc) is 3.15. The van der Waals surface area contributed by atoms with Crippen molar-refractivity contribution in [3.05, 3.63) is 47.3 Å². The third-order valence-electron chi connectivity index (χ3n) is 3.01. The third kappa shape index (κ3) is 3.48. The van der Waals surface area contributed by atoms with Gasteiger partial charge in [0.2, 0.25) is 11.7 Å². The Balaban J connectivity index is 1.74. The fraction of sp³-hybridized carbons (Fsp3) is 0.214. The number of anilines is 1. The van der Waals surface area contributed by atoms with Crippen LogP contribution in [-0.2, 0) is 6.54 Å². The van der Waals surface area contributed by atoms with Crippen molar-refractivity contribution >= 4 is 17.3 Å². The first-order valence-electron chi connectivity index (χ1n) is 6.56. The van der Waals surface area contributed by atoms with Crippen LogP contribution in [-0.4, -0.2) is 22.2 Å². The molecule has 0 aliphatic heterocycles. The van der Waals surface area contributed by atoms with Gasteiger partial charge in [0, 0.05) is 17.8 Å². The van der Waals surface area contributed by atoms with Gasteiger partial charge in [0.25, 0.3) is 11.8 Å². The molecule has 0 spiro atoms. The SMILES string of the molecule is CN(Cc1ncc(-c2nnc(C(F)F)o2)o1)c1cccc(Cl)c1. The highest BCUT2D eigenvalue weighted by molar-refractivity contribution is 6.30. The maximum Gasteiger partial charge on any atom is 0.314 e. The number of alkyl halides is 2. The number of nitrogens with zero attached hydrogens (tertiary/aromatic N) is 4. The molecule has 0 amide bonds. The van der Waals surface area contributed by atoms with Gasteiger partial charge in [-0.1, -0.05) is 17.7 Å². The first-order valence-corrected chi connectivity index (χ1v) is 6.94. The zero-order valence-corrected chi connectivity index (χ0v) is 12.7. The van der Waals surface area contributed by atoms with Crippen molar-refractivity contribution in [2.75, 3.05) is 11.9 Å². The van der Waals surface area contributed by atoms with Gasteiger partial charge in [0.1, 0.15) is 0 Å². The van der Waals surface area contributed by atoms with Gasteiger partial charge in [-0.05, 0) is 18.2 Å². The lowest BCUT2D eigenvalue weighted by atomic mass is 10.3. The number of oxazole rings is 1. The van der Waals surface area contributed by atoms with E-state index in [1.165, 1.54) is 6.20 Å². The lowest BCUT2D eigenvalue weighted by Gasteiger charge is -2.17. The van der Waals surface area contributed by atoms with Crippen molar-refractivity contribution < 1.29 is 17.6 Å². The molecule has 3 aromatic rings. The molecule has 0 bridgehead atoms. The van der Waals surface area contributed by atoms with Gasteiger partial charge in [-0.15, -0.1) is 10.2 Å². The van der Waals surface area contributed by atoms with Crippen LogP contribution in [0.4, 0.5) is 14.5 Å². The van der Waals surface area contributed by atoms with Crippen LogP contribution in [0.2, 0.25) is 5.02 Å². The molecule has 0 atom stereocenters.